The van der Waals surface area contributed by atoms with Crippen LogP contribution >= 0.6 is 0 Å². The molecular weight excluding hydrogens is 595 g/mol. The summed E-state index contributed by atoms with van der Waals surface area (Å²) in [7, 11) is 0. The second-order valence-corrected chi connectivity index (χ2v) is 12.3. The van der Waals surface area contributed by atoms with Crippen LogP contribution in [0.4, 0.5) is 0 Å². The van der Waals surface area contributed by atoms with Gasteiger partial charge in [-0.25, -0.2) is 9.97 Å². The Balaban J connectivity index is 1.21. The van der Waals surface area contributed by atoms with E-state index in [1.54, 1.807) is 0 Å². The van der Waals surface area contributed by atoms with E-state index in [1.807, 2.05) is 36.4 Å². The van der Waals surface area contributed by atoms with E-state index in [1.165, 1.54) is 44.1 Å². The summed E-state index contributed by atoms with van der Waals surface area (Å²) in [5.41, 5.74) is 13.1. The first kappa shape index (κ1) is 28.6. The van der Waals surface area contributed by atoms with Crippen molar-refractivity contribution >= 4 is 21.8 Å². The van der Waals surface area contributed by atoms with Gasteiger partial charge in [0.1, 0.15) is 0 Å². The van der Waals surface area contributed by atoms with E-state index in [-0.39, 0.29) is 0 Å². The highest BCUT2D eigenvalue weighted by atomic mass is 15.0. The van der Waals surface area contributed by atoms with Gasteiger partial charge in [0.25, 0.3) is 0 Å². The molecule has 0 aliphatic carbocycles. The summed E-state index contributed by atoms with van der Waals surface area (Å²) in [5.74, 6) is 0.710. The number of rotatable bonds is 6. The fraction of sp³-hybridized carbons (Fsp3) is 0. The van der Waals surface area contributed by atoms with Crippen LogP contribution < -0.4 is 0 Å². The number of hydrogen-bond acceptors (Lipinski definition) is 2. The Hall–Kier alpha value is -6.58. The SMILES string of the molecule is c1ccc(-c2cccc(-c3ccc4c5ccccc5n(-c5cccc(-c6cc(-c7ccccc7)nc(-c7ccccc7)n6)c5)c4c3)c2)cc1. The first-order chi connectivity index (χ1) is 24.3. The Morgan fingerprint density at radius 1 is 0.306 bits per heavy atom. The highest BCUT2D eigenvalue weighted by molar-refractivity contribution is 6.10. The third kappa shape index (κ3) is 5.38. The normalized spacial score (nSPS) is 11.3. The van der Waals surface area contributed by atoms with Crippen LogP contribution in [0.3, 0.4) is 0 Å². The second-order valence-electron chi connectivity index (χ2n) is 12.3. The van der Waals surface area contributed by atoms with Crippen LogP contribution in [0.25, 0.3) is 83.6 Å². The fourth-order valence-corrected chi connectivity index (χ4v) is 6.81. The van der Waals surface area contributed by atoms with Crippen molar-refractivity contribution < 1.29 is 0 Å². The van der Waals surface area contributed by atoms with Gasteiger partial charge >= 0.3 is 0 Å². The van der Waals surface area contributed by atoms with Crippen LogP contribution in [0, 0.1) is 0 Å². The van der Waals surface area contributed by atoms with Crippen LogP contribution in [0.15, 0.2) is 188 Å². The third-order valence-electron chi connectivity index (χ3n) is 9.20. The van der Waals surface area contributed by atoms with Crippen LogP contribution in [-0.4, -0.2) is 14.5 Å². The van der Waals surface area contributed by atoms with Crippen LogP contribution in [0.1, 0.15) is 0 Å². The molecule has 0 aliphatic heterocycles. The first-order valence-electron chi connectivity index (χ1n) is 16.6. The van der Waals surface area contributed by atoms with Crippen molar-refractivity contribution in [2.24, 2.45) is 0 Å². The fourth-order valence-electron chi connectivity index (χ4n) is 6.81. The molecule has 0 bridgehead atoms. The molecule has 0 saturated carbocycles. The molecule has 0 unspecified atom stereocenters. The van der Waals surface area contributed by atoms with Crippen molar-refractivity contribution in [2.75, 3.05) is 0 Å². The zero-order valence-electron chi connectivity index (χ0n) is 26.7. The molecule has 0 atom stereocenters. The monoisotopic (exact) mass is 625 g/mol. The number of fused-ring (bicyclic) bond motifs is 3. The maximum absolute atomic E-state index is 5.11. The van der Waals surface area contributed by atoms with Gasteiger partial charge in [0, 0.05) is 33.2 Å². The van der Waals surface area contributed by atoms with E-state index in [4.69, 9.17) is 9.97 Å². The summed E-state index contributed by atoms with van der Waals surface area (Å²) in [4.78, 5) is 10.1. The molecule has 9 aromatic rings. The minimum Gasteiger partial charge on any atom is -0.309 e. The summed E-state index contributed by atoms with van der Waals surface area (Å²) in [5, 5.41) is 2.45. The quantitative estimate of drug-likeness (QED) is 0.184. The minimum absolute atomic E-state index is 0.710. The van der Waals surface area contributed by atoms with E-state index in [2.05, 4.69) is 156 Å². The number of aromatic nitrogens is 3. The molecule has 230 valence electrons. The number of benzene rings is 7. The van der Waals surface area contributed by atoms with Crippen molar-refractivity contribution in [3.63, 3.8) is 0 Å². The van der Waals surface area contributed by atoms with E-state index >= 15 is 0 Å². The Bertz CT molecular complexity index is 2530. The van der Waals surface area contributed by atoms with E-state index in [0.29, 0.717) is 5.82 Å². The van der Waals surface area contributed by atoms with E-state index in [0.717, 1.165) is 33.8 Å². The van der Waals surface area contributed by atoms with Crippen LogP contribution in [0.2, 0.25) is 0 Å². The zero-order valence-corrected chi connectivity index (χ0v) is 26.7. The van der Waals surface area contributed by atoms with Crippen LogP contribution in [-0.2, 0) is 0 Å². The largest absolute Gasteiger partial charge is 0.309 e. The maximum atomic E-state index is 5.11. The summed E-state index contributed by atoms with van der Waals surface area (Å²) in [6.07, 6.45) is 0. The highest BCUT2D eigenvalue weighted by Gasteiger charge is 2.16. The number of hydrogen-bond donors (Lipinski definition) is 0. The molecule has 0 fully saturated rings. The topological polar surface area (TPSA) is 30.7 Å². The molecule has 0 spiro atoms. The van der Waals surface area contributed by atoms with E-state index < -0.39 is 0 Å². The molecule has 2 heterocycles. The van der Waals surface area contributed by atoms with Crippen molar-refractivity contribution in [1.82, 2.24) is 14.5 Å². The molecule has 0 saturated heterocycles. The molecule has 3 nitrogen and oxygen atoms in total. The summed E-state index contributed by atoms with van der Waals surface area (Å²) in [6, 6.07) is 66.3. The molecular formula is C46H31N3. The molecule has 9 rings (SSSR count). The predicted molar refractivity (Wildman–Crippen MR) is 204 cm³/mol. The second kappa shape index (κ2) is 12.2. The lowest BCUT2D eigenvalue weighted by molar-refractivity contribution is 1.16. The van der Waals surface area contributed by atoms with Gasteiger partial charge in [-0.15, -0.1) is 0 Å². The number of nitrogens with zero attached hydrogens (tertiary/aromatic N) is 3. The Morgan fingerprint density at radius 2 is 0.837 bits per heavy atom. The Kier molecular flexibility index (Phi) is 7.14. The summed E-state index contributed by atoms with van der Waals surface area (Å²) >= 11 is 0. The van der Waals surface area contributed by atoms with Gasteiger partial charge in [0.15, 0.2) is 5.82 Å². The standard InChI is InChI=1S/C46H31N3/c1-4-14-32(15-5-1)35-20-12-21-36(28-35)37-26-27-41-40-24-10-11-25-44(40)49(45(41)30-37)39-23-13-22-38(29-39)43-31-42(33-16-6-2-7-17-33)47-46(48-43)34-18-8-3-9-19-34/h1-31H. The van der Waals surface area contributed by atoms with Gasteiger partial charge in [-0.3, -0.25) is 0 Å². The minimum atomic E-state index is 0.710. The van der Waals surface area contributed by atoms with Gasteiger partial charge < -0.3 is 4.57 Å². The van der Waals surface area contributed by atoms with E-state index in [9.17, 15) is 0 Å². The summed E-state index contributed by atoms with van der Waals surface area (Å²) in [6.45, 7) is 0. The van der Waals surface area contributed by atoms with Gasteiger partial charge in [-0.05, 0) is 58.7 Å². The molecule has 0 aliphatic rings. The zero-order chi connectivity index (χ0) is 32.6. The Labute approximate surface area is 285 Å². The first-order valence-corrected chi connectivity index (χ1v) is 16.6. The lowest BCUT2D eigenvalue weighted by atomic mass is 9.98. The van der Waals surface area contributed by atoms with Crippen molar-refractivity contribution in [3.05, 3.63) is 188 Å². The van der Waals surface area contributed by atoms with Gasteiger partial charge in [0.2, 0.25) is 0 Å². The third-order valence-corrected chi connectivity index (χ3v) is 9.20. The molecule has 0 radical (unpaired) electrons. The smallest absolute Gasteiger partial charge is 0.160 e. The molecule has 0 amide bonds. The predicted octanol–water partition coefficient (Wildman–Crippen LogP) is 11.9. The lowest BCUT2D eigenvalue weighted by Gasteiger charge is -2.13. The van der Waals surface area contributed by atoms with Crippen LogP contribution in [0.5, 0.6) is 0 Å². The average molecular weight is 626 g/mol. The highest BCUT2D eigenvalue weighted by Crippen LogP contribution is 2.37. The van der Waals surface area contributed by atoms with Gasteiger partial charge in [-0.2, -0.15) is 0 Å². The lowest BCUT2D eigenvalue weighted by Crippen LogP contribution is -1.98. The van der Waals surface area contributed by atoms with Crippen molar-refractivity contribution in [1.29, 1.82) is 0 Å². The van der Waals surface area contributed by atoms with Crippen molar-refractivity contribution in [2.45, 2.75) is 0 Å². The molecule has 2 aromatic heterocycles. The Morgan fingerprint density at radius 3 is 1.59 bits per heavy atom. The van der Waals surface area contributed by atoms with Crippen molar-refractivity contribution in [3.8, 4) is 61.8 Å². The molecule has 7 aromatic carbocycles. The molecule has 0 N–H and O–H groups in total. The number of para-hydroxylation sites is 1. The average Bonchev–Trinajstić information content (AvgIpc) is 3.52. The summed E-state index contributed by atoms with van der Waals surface area (Å²) < 4.78 is 2.39. The molecule has 49 heavy (non-hydrogen) atoms. The van der Waals surface area contributed by atoms with Gasteiger partial charge in [-0.1, -0.05) is 152 Å². The van der Waals surface area contributed by atoms with Gasteiger partial charge in [0.05, 0.1) is 22.4 Å². The molecule has 3 heteroatoms. The maximum Gasteiger partial charge on any atom is 0.160 e.